The van der Waals surface area contributed by atoms with Crippen LogP contribution in [-0.2, 0) is 9.59 Å². The van der Waals surface area contributed by atoms with E-state index in [1.54, 1.807) is 17.2 Å². The molecule has 1 aromatic heterocycles. The summed E-state index contributed by atoms with van der Waals surface area (Å²) in [7, 11) is 0. The third kappa shape index (κ3) is 4.16. The Bertz CT molecular complexity index is 795. The Morgan fingerprint density at radius 1 is 1.38 bits per heavy atom. The Morgan fingerprint density at radius 2 is 2.19 bits per heavy atom. The van der Waals surface area contributed by atoms with E-state index in [-0.39, 0.29) is 11.9 Å². The van der Waals surface area contributed by atoms with Crippen LogP contribution >= 0.6 is 11.8 Å². The quantitative estimate of drug-likeness (QED) is 0.592. The fraction of sp³-hybridized carbons (Fsp3) is 0.316. The van der Waals surface area contributed by atoms with E-state index >= 15 is 0 Å². The van der Waals surface area contributed by atoms with E-state index in [4.69, 9.17) is 9.84 Å². The molecule has 0 fully saturated rings. The van der Waals surface area contributed by atoms with Crippen LogP contribution in [0.1, 0.15) is 19.8 Å². The maximum atomic E-state index is 11.4. The minimum absolute atomic E-state index is 0.000805. The topological polar surface area (TPSA) is 79.7 Å². The van der Waals surface area contributed by atoms with Crippen molar-refractivity contribution in [2.45, 2.75) is 30.9 Å². The molecule has 1 atom stereocenters. The number of fused-ring (bicyclic) bond motifs is 1. The summed E-state index contributed by atoms with van der Waals surface area (Å²) in [5, 5.41) is 9.40. The lowest BCUT2D eigenvalue weighted by atomic mass is 10.0. The van der Waals surface area contributed by atoms with Gasteiger partial charge in [-0.2, -0.15) is 0 Å². The number of aromatic nitrogens is 1. The maximum Gasteiger partial charge on any atom is 0.313 e. The monoisotopic (exact) mass is 372 g/mol. The number of ether oxygens (including phenoxy) is 1. The van der Waals surface area contributed by atoms with Crippen LogP contribution in [0.2, 0.25) is 0 Å². The summed E-state index contributed by atoms with van der Waals surface area (Å²) in [5.74, 6) is -0.183. The molecule has 0 saturated heterocycles. The number of thioether (sulfide) groups is 1. The summed E-state index contributed by atoms with van der Waals surface area (Å²) in [6.07, 6.45) is 4.45. The molecular weight excluding hydrogens is 352 g/mol. The number of carbonyl (C=O) groups is 2. The largest absolute Gasteiger partial charge is 0.486 e. The lowest BCUT2D eigenvalue weighted by Gasteiger charge is -2.33. The van der Waals surface area contributed by atoms with Gasteiger partial charge in [-0.05, 0) is 30.2 Å². The Morgan fingerprint density at radius 3 is 2.85 bits per heavy atom. The molecule has 0 bridgehead atoms. The number of aliphatic carboxylic acids is 1. The third-order valence-corrected chi connectivity index (χ3v) is 5.04. The average molecular weight is 372 g/mol. The van der Waals surface area contributed by atoms with Gasteiger partial charge in [-0.15, -0.1) is 0 Å². The molecule has 6 nitrogen and oxygen atoms in total. The number of benzene rings is 1. The van der Waals surface area contributed by atoms with E-state index in [1.165, 1.54) is 11.8 Å². The Hall–Kier alpha value is -2.54. The van der Waals surface area contributed by atoms with Crippen molar-refractivity contribution in [2.75, 3.05) is 17.2 Å². The fourth-order valence-electron chi connectivity index (χ4n) is 2.90. The summed E-state index contributed by atoms with van der Waals surface area (Å²) in [6, 6.07) is 9.45. The van der Waals surface area contributed by atoms with Crippen molar-refractivity contribution in [3.63, 3.8) is 0 Å². The highest BCUT2D eigenvalue weighted by atomic mass is 32.2. The van der Waals surface area contributed by atoms with Gasteiger partial charge < -0.3 is 14.7 Å². The molecule has 0 saturated carbocycles. The lowest BCUT2D eigenvalue weighted by molar-refractivity contribution is -0.133. The third-order valence-electron chi connectivity index (χ3n) is 4.11. The molecular formula is C19H20N2O4S. The van der Waals surface area contributed by atoms with Gasteiger partial charge in [0.15, 0.2) is 0 Å². The van der Waals surface area contributed by atoms with Crippen molar-refractivity contribution in [3.8, 4) is 16.9 Å². The van der Waals surface area contributed by atoms with Crippen LogP contribution in [0.3, 0.4) is 0 Å². The van der Waals surface area contributed by atoms with Gasteiger partial charge in [-0.25, -0.2) is 4.98 Å². The molecule has 3 rings (SSSR count). The Balaban J connectivity index is 1.82. The molecule has 0 spiro atoms. The van der Waals surface area contributed by atoms with E-state index in [1.807, 2.05) is 24.3 Å². The van der Waals surface area contributed by atoms with Crippen LogP contribution in [0.5, 0.6) is 5.75 Å². The zero-order valence-electron chi connectivity index (χ0n) is 14.4. The average Bonchev–Trinajstić information content (AvgIpc) is 2.66. The number of amides is 1. The van der Waals surface area contributed by atoms with E-state index in [9.17, 15) is 9.59 Å². The first-order valence-electron chi connectivity index (χ1n) is 8.44. The van der Waals surface area contributed by atoms with Crippen LogP contribution in [-0.4, -0.2) is 40.9 Å². The molecule has 136 valence electrons. The number of rotatable bonds is 7. The highest BCUT2D eigenvalue weighted by Gasteiger charge is 2.25. The highest BCUT2D eigenvalue weighted by Crippen LogP contribution is 2.37. The van der Waals surface area contributed by atoms with Crippen LogP contribution in [0.4, 0.5) is 5.69 Å². The second-order valence-corrected chi connectivity index (χ2v) is 7.03. The van der Waals surface area contributed by atoms with Crippen molar-refractivity contribution < 1.29 is 19.4 Å². The number of anilines is 1. The first-order chi connectivity index (χ1) is 12.6. The molecule has 1 aromatic carbocycles. The number of pyridine rings is 1. The molecule has 1 N–H and O–H groups in total. The zero-order valence-corrected chi connectivity index (χ0v) is 15.2. The molecule has 1 aliphatic rings. The molecule has 0 aliphatic carbocycles. The summed E-state index contributed by atoms with van der Waals surface area (Å²) in [4.78, 5) is 28.0. The Kier molecular flexibility index (Phi) is 5.78. The first kappa shape index (κ1) is 18.3. The molecule has 0 radical (unpaired) electrons. The van der Waals surface area contributed by atoms with Crippen LogP contribution in [0, 0.1) is 0 Å². The van der Waals surface area contributed by atoms with Gasteiger partial charge in [0.1, 0.15) is 11.9 Å². The minimum atomic E-state index is -0.867. The maximum absolute atomic E-state index is 11.4. The molecule has 1 aliphatic heterocycles. The van der Waals surface area contributed by atoms with Gasteiger partial charge in [0, 0.05) is 11.8 Å². The number of hydrogen-bond donors (Lipinski definition) is 1. The number of carboxylic acid groups (broad SMARTS) is 1. The molecule has 7 heteroatoms. The van der Waals surface area contributed by atoms with Gasteiger partial charge in [0.2, 0.25) is 6.41 Å². The second kappa shape index (κ2) is 8.23. The van der Waals surface area contributed by atoms with E-state index < -0.39 is 5.97 Å². The van der Waals surface area contributed by atoms with Gasteiger partial charge >= 0.3 is 5.97 Å². The van der Waals surface area contributed by atoms with E-state index in [0.717, 1.165) is 36.1 Å². The van der Waals surface area contributed by atoms with Gasteiger partial charge in [-0.3, -0.25) is 9.59 Å². The molecule has 1 amide bonds. The first-order valence-corrected chi connectivity index (χ1v) is 9.43. The number of carboxylic acids is 1. The van der Waals surface area contributed by atoms with Crippen molar-refractivity contribution in [1.82, 2.24) is 4.98 Å². The van der Waals surface area contributed by atoms with Crippen LogP contribution in [0.15, 0.2) is 41.6 Å². The standard InChI is InChI=1S/C19H20N2O4S/c1-2-3-15-10-21(12-22)16-6-4-13(8-17(16)25-15)14-5-7-18(20-9-14)26-11-19(23)24/h4-9,12,15H,2-3,10-11H2,1H3,(H,23,24). The number of hydrogen-bond acceptors (Lipinski definition) is 5. The van der Waals surface area contributed by atoms with Crippen LogP contribution in [0.25, 0.3) is 11.1 Å². The van der Waals surface area contributed by atoms with Crippen molar-refractivity contribution in [1.29, 1.82) is 0 Å². The van der Waals surface area contributed by atoms with Gasteiger partial charge in [0.05, 0.1) is 23.0 Å². The summed E-state index contributed by atoms with van der Waals surface area (Å²) in [5.41, 5.74) is 2.62. The molecule has 26 heavy (non-hydrogen) atoms. The predicted octanol–water partition coefficient (Wildman–Crippen LogP) is 3.45. The summed E-state index contributed by atoms with van der Waals surface area (Å²) in [6.45, 7) is 2.66. The lowest BCUT2D eigenvalue weighted by Crippen LogP contribution is -2.39. The van der Waals surface area contributed by atoms with Crippen LogP contribution < -0.4 is 9.64 Å². The molecule has 2 aromatic rings. The second-order valence-electron chi connectivity index (χ2n) is 6.04. The minimum Gasteiger partial charge on any atom is -0.486 e. The zero-order chi connectivity index (χ0) is 18.5. The smallest absolute Gasteiger partial charge is 0.313 e. The normalized spacial score (nSPS) is 15.9. The highest BCUT2D eigenvalue weighted by molar-refractivity contribution is 7.99. The summed E-state index contributed by atoms with van der Waals surface area (Å²) < 4.78 is 6.06. The van der Waals surface area contributed by atoms with Crippen molar-refractivity contribution in [3.05, 3.63) is 36.5 Å². The van der Waals surface area contributed by atoms with Crippen molar-refractivity contribution in [2.24, 2.45) is 0 Å². The van der Waals surface area contributed by atoms with Crippen molar-refractivity contribution >= 4 is 29.8 Å². The fourth-order valence-corrected chi connectivity index (χ4v) is 3.47. The predicted molar refractivity (Wildman–Crippen MR) is 101 cm³/mol. The SMILES string of the molecule is CCCC1CN(C=O)c2ccc(-c3ccc(SCC(=O)O)nc3)cc2O1. The number of nitrogens with zero attached hydrogens (tertiary/aromatic N) is 2. The van der Waals surface area contributed by atoms with Gasteiger partial charge in [0.25, 0.3) is 0 Å². The van der Waals surface area contributed by atoms with E-state index in [2.05, 4.69) is 11.9 Å². The summed E-state index contributed by atoms with van der Waals surface area (Å²) >= 11 is 1.18. The van der Waals surface area contributed by atoms with E-state index in [0.29, 0.717) is 17.3 Å². The number of carbonyl (C=O) groups excluding carboxylic acids is 1. The Labute approximate surface area is 156 Å². The van der Waals surface area contributed by atoms with Gasteiger partial charge in [-0.1, -0.05) is 37.2 Å². The molecule has 1 unspecified atom stereocenters. The molecule has 2 heterocycles.